The van der Waals surface area contributed by atoms with Gasteiger partial charge in [0, 0.05) is 30.4 Å². The zero-order chi connectivity index (χ0) is 17.9. The fourth-order valence-corrected chi connectivity index (χ4v) is 3.13. The SMILES string of the molecule is O=C1CC(C(=O)NCc2cnn(-c3ccccc3)c2)c2ccccc2N1. The molecule has 6 heteroatoms. The molecule has 2 aromatic carbocycles. The van der Waals surface area contributed by atoms with Gasteiger partial charge in [0.1, 0.15) is 0 Å². The first-order chi connectivity index (χ1) is 12.7. The highest BCUT2D eigenvalue weighted by Crippen LogP contribution is 2.32. The molecule has 3 aromatic rings. The third-order valence-corrected chi connectivity index (χ3v) is 4.44. The second-order valence-corrected chi connectivity index (χ2v) is 6.24. The quantitative estimate of drug-likeness (QED) is 0.762. The van der Waals surface area contributed by atoms with Gasteiger partial charge in [-0.3, -0.25) is 9.59 Å². The van der Waals surface area contributed by atoms with Crippen LogP contribution in [0.3, 0.4) is 0 Å². The first-order valence-electron chi connectivity index (χ1n) is 8.46. The van der Waals surface area contributed by atoms with Gasteiger partial charge < -0.3 is 10.6 Å². The minimum absolute atomic E-state index is 0.138. The van der Waals surface area contributed by atoms with Gasteiger partial charge in [0.25, 0.3) is 0 Å². The number of para-hydroxylation sites is 2. The molecule has 0 bridgehead atoms. The van der Waals surface area contributed by atoms with Crippen LogP contribution in [0.2, 0.25) is 0 Å². The molecule has 1 aliphatic heterocycles. The Morgan fingerprint density at radius 1 is 1.15 bits per heavy atom. The summed E-state index contributed by atoms with van der Waals surface area (Å²) >= 11 is 0. The predicted octanol–water partition coefficient (Wildman–Crippen LogP) is 2.61. The van der Waals surface area contributed by atoms with Gasteiger partial charge in [0.2, 0.25) is 11.8 Å². The number of hydrogen-bond acceptors (Lipinski definition) is 3. The van der Waals surface area contributed by atoms with Crippen molar-refractivity contribution in [2.75, 3.05) is 5.32 Å². The van der Waals surface area contributed by atoms with Crippen molar-refractivity contribution in [3.05, 3.63) is 78.1 Å². The molecule has 0 spiro atoms. The molecule has 130 valence electrons. The number of amides is 2. The van der Waals surface area contributed by atoms with Crippen LogP contribution in [0, 0.1) is 0 Å². The molecule has 0 radical (unpaired) electrons. The molecule has 1 aliphatic rings. The van der Waals surface area contributed by atoms with Crippen LogP contribution >= 0.6 is 0 Å². The fourth-order valence-electron chi connectivity index (χ4n) is 3.13. The molecular weight excluding hydrogens is 328 g/mol. The molecule has 2 amide bonds. The number of aromatic nitrogens is 2. The number of benzene rings is 2. The summed E-state index contributed by atoms with van der Waals surface area (Å²) in [6, 6.07) is 17.2. The van der Waals surface area contributed by atoms with E-state index in [2.05, 4.69) is 15.7 Å². The molecule has 6 nitrogen and oxygen atoms in total. The largest absolute Gasteiger partial charge is 0.351 e. The van der Waals surface area contributed by atoms with Crippen molar-refractivity contribution in [1.29, 1.82) is 0 Å². The van der Waals surface area contributed by atoms with Gasteiger partial charge in [-0.05, 0) is 23.8 Å². The van der Waals surface area contributed by atoms with Crippen molar-refractivity contribution in [3.8, 4) is 5.69 Å². The van der Waals surface area contributed by atoms with Crippen molar-refractivity contribution in [2.24, 2.45) is 0 Å². The molecule has 4 rings (SSSR count). The minimum atomic E-state index is -0.468. The van der Waals surface area contributed by atoms with Crippen LogP contribution in [0.5, 0.6) is 0 Å². The lowest BCUT2D eigenvalue weighted by atomic mass is 9.90. The van der Waals surface area contributed by atoms with E-state index in [1.807, 2.05) is 60.8 Å². The lowest BCUT2D eigenvalue weighted by Gasteiger charge is -2.24. The number of rotatable bonds is 4. The smallest absolute Gasteiger partial charge is 0.228 e. The summed E-state index contributed by atoms with van der Waals surface area (Å²) in [5.41, 5.74) is 3.42. The highest BCUT2D eigenvalue weighted by molar-refractivity contribution is 6.01. The number of anilines is 1. The first-order valence-corrected chi connectivity index (χ1v) is 8.46. The fraction of sp³-hybridized carbons (Fsp3) is 0.150. The maximum Gasteiger partial charge on any atom is 0.228 e. The molecule has 2 N–H and O–H groups in total. The number of hydrogen-bond donors (Lipinski definition) is 2. The molecule has 2 heterocycles. The van der Waals surface area contributed by atoms with E-state index in [0.29, 0.717) is 12.2 Å². The normalized spacial score (nSPS) is 15.8. The summed E-state index contributed by atoms with van der Waals surface area (Å²) in [5.74, 6) is -0.760. The van der Waals surface area contributed by atoms with Crippen molar-refractivity contribution in [1.82, 2.24) is 15.1 Å². The molecule has 1 atom stereocenters. The summed E-state index contributed by atoms with van der Waals surface area (Å²) < 4.78 is 1.77. The third kappa shape index (κ3) is 3.21. The Balaban J connectivity index is 1.45. The highest BCUT2D eigenvalue weighted by Gasteiger charge is 2.30. The molecule has 26 heavy (non-hydrogen) atoms. The standard InChI is InChI=1S/C20H18N4O2/c25-19-10-17(16-8-4-5-9-18(16)23-19)20(26)21-11-14-12-22-24(13-14)15-6-2-1-3-7-15/h1-9,12-13,17H,10-11H2,(H,21,26)(H,23,25). The Morgan fingerprint density at radius 2 is 1.92 bits per heavy atom. The van der Waals surface area contributed by atoms with Gasteiger partial charge in [-0.1, -0.05) is 36.4 Å². The summed E-state index contributed by atoms with van der Waals surface area (Å²) in [7, 11) is 0. The number of carbonyl (C=O) groups is 2. The zero-order valence-electron chi connectivity index (χ0n) is 14.1. The second-order valence-electron chi connectivity index (χ2n) is 6.24. The molecule has 1 unspecified atom stereocenters. The van der Waals surface area contributed by atoms with Crippen LogP contribution in [-0.2, 0) is 16.1 Å². The molecule has 0 fully saturated rings. The van der Waals surface area contributed by atoms with E-state index in [4.69, 9.17) is 0 Å². The number of nitrogens with one attached hydrogen (secondary N) is 2. The third-order valence-electron chi connectivity index (χ3n) is 4.44. The number of fused-ring (bicyclic) bond motifs is 1. The Hall–Kier alpha value is -3.41. The van der Waals surface area contributed by atoms with Crippen LogP contribution in [-0.4, -0.2) is 21.6 Å². The predicted molar refractivity (Wildman–Crippen MR) is 97.8 cm³/mol. The summed E-state index contributed by atoms with van der Waals surface area (Å²) in [6.45, 7) is 0.367. The maximum absolute atomic E-state index is 12.6. The Bertz CT molecular complexity index is 949. The maximum atomic E-state index is 12.6. The second kappa shape index (κ2) is 6.84. The summed E-state index contributed by atoms with van der Waals surface area (Å²) in [4.78, 5) is 24.5. The molecule has 0 saturated carbocycles. The van der Waals surface area contributed by atoms with Crippen LogP contribution in [0.25, 0.3) is 5.69 Å². The van der Waals surface area contributed by atoms with E-state index in [1.54, 1.807) is 10.9 Å². The van der Waals surface area contributed by atoms with Gasteiger partial charge >= 0.3 is 0 Å². The van der Waals surface area contributed by atoms with E-state index in [9.17, 15) is 9.59 Å². The zero-order valence-corrected chi connectivity index (χ0v) is 14.1. The van der Waals surface area contributed by atoms with Crippen molar-refractivity contribution in [3.63, 3.8) is 0 Å². The average molecular weight is 346 g/mol. The van der Waals surface area contributed by atoms with Crippen LogP contribution in [0.4, 0.5) is 5.69 Å². The molecule has 0 aliphatic carbocycles. The van der Waals surface area contributed by atoms with Gasteiger partial charge in [0.05, 0.1) is 17.8 Å². The lowest BCUT2D eigenvalue weighted by Crippen LogP contribution is -2.34. The monoisotopic (exact) mass is 346 g/mol. The van der Waals surface area contributed by atoms with Gasteiger partial charge in [-0.25, -0.2) is 4.68 Å². The van der Waals surface area contributed by atoms with E-state index in [1.165, 1.54) is 0 Å². The van der Waals surface area contributed by atoms with Crippen molar-refractivity contribution < 1.29 is 9.59 Å². The van der Waals surface area contributed by atoms with E-state index in [0.717, 1.165) is 16.8 Å². The van der Waals surface area contributed by atoms with Crippen LogP contribution in [0.15, 0.2) is 67.0 Å². The highest BCUT2D eigenvalue weighted by atomic mass is 16.2. The Kier molecular flexibility index (Phi) is 4.23. The van der Waals surface area contributed by atoms with Crippen molar-refractivity contribution >= 4 is 17.5 Å². The number of nitrogens with zero attached hydrogens (tertiary/aromatic N) is 2. The average Bonchev–Trinajstić information content (AvgIpc) is 3.15. The van der Waals surface area contributed by atoms with Crippen LogP contribution < -0.4 is 10.6 Å². The van der Waals surface area contributed by atoms with Gasteiger partial charge in [-0.15, -0.1) is 0 Å². The van der Waals surface area contributed by atoms with E-state index >= 15 is 0 Å². The van der Waals surface area contributed by atoms with E-state index in [-0.39, 0.29) is 18.2 Å². The van der Waals surface area contributed by atoms with Crippen molar-refractivity contribution in [2.45, 2.75) is 18.9 Å². The van der Waals surface area contributed by atoms with Crippen LogP contribution in [0.1, 0.15) is 23.5 Å². The first kappa shape index (κ1) is 16.1. The minimum Gasteiger partial charge on any atom is -0.351 e. The number of carbonyl (C=O) groups excluding carboxylic acids is 2. The molecular formula is C20H18N4O2. The topological polar surface area (TPSA) is 76.0 Å². The molecule has 0 saturated heterocycles. The summed E-state index contributed by atoms with van der Waals surface area (Å²) in [6.07, 6.45) is 3.78. The van der Waals surface area contributed by atoms with Gasteiger partial charge in [-0.2, -0.15) is 5.10 Å². The lowest BCUT2D eigenvalue weighted by molar-refractivity contribution is -0.126. The summed E-state index contributed by atoms with van der Waals surface area (Å²) in [5, 5.41) is 10.1. The Morgan fingerprint density at radius 3 is 2.77 bits per heavy atom. The Labute approximate surface area is 150 Å². The van der Waals surface area contributed by atoms with Gasteiger partial charge in [0.15, 0.2) is 0 Å². The molecule has 1 aromatic heterocycles. The van der Waals surface area contributed by atoms with E-state index < -0.39 is 5.92 Å².